The largest absolute Gasteiger partial charge is 0.493 e. The number of para-hydroxylation sites is 1. The number of nitrogens with one attached hydrogen (secondary N) is 2. The molecule has 3 rings (SSSR count). The van der Waals surface area contributed by atoms with Crippen molar-refractivity contribution in [2.45, 2.75) is 44.9 Å². The Labute approximate surface area is 172 Å². The Morgan fingerprint density at radius 1 is 1.14 bits per heavy atom. The van der Waals surface area contributed by atoms with Crippen LogP contribution in [0.15, 0.2) is 47.5 Å². The van der Waals surface area contributed by atoms with E-state index in [-0.39, 0.29) is 6.10 Å². The molecule has 0 aromatic heterocycles. The van der Waals surface area contributed by atoms with Gasteiger partial charge in [0.15, 0.2) is 17.5 Å². The summed E-state index contributed by atoms with van der Waals surface area (Å²) in [5.41, 5.74) is 2.71. The van der Waals surface area contributed by atoms with E-state index in [9.17, 15) is 0 Å². The third-order valence-corrected chi connectivity index (χ3v) is 5.05. The summed E-state index contributed by atoms with van der Waals surface area (Å²) < 4.78 is 11.8. The standard InChI is InChI=1S/C23H28N4O2/c1-25-23(26-15-18-8-5-7-17(13-18)14-24)27-16-19-9-6-12-21(28-2)22(19)29-20-10-3-4-11-20/h5-9,12-13,20H,3-4,10-11,15-16H2,1-2H3,(H2,25,26,27). The molecule has 1 aliphatic carbocycles. The van der Waals surface area contributed by atoms with Gasteiger partial charge in [-0.2, -0.15) is 5.26 Å². The first-order valence-electron chi connectivity index (χ1n) is 9.99. The van der Waals surface area contributed by atoms with Crippen LogP contribution >= 0.6 is 0 Å². The van der Waals surface area contributed by atoms with Crippen LogP contribution in [0.1, 0.15) is 42.4 Å². The second-order valence-electron chi connectivity index (χ2n) is 7.06. The van der Waals surface area contributed by atoms with Crippen molar-refractivity contribution in [3.63, 3.8) is 0 Å². The average Bonchev–Trinajstić information content (AvgIpc) is 3.28. The van der Waals surface area contributed by atoms with Crippen molar-refractivity contribution in [2.24, 2.45) is 4.99 Å². The summed E-state index contributed by atoms with van der Waals surface area (Å²) in [6.45, 7) is 1.15. The number of rotatable bonds is 7. The molecule has 6 heteroatoms. The zero-order valence-electron chi connectivity index (χ0n) is 17.1. The summed E-state index contributed by atoms with van der Waals surface area (Å²) >= 11 is 0. The summed E-state index contributed by atoms with van der Waals surface area (Å²) in [5, 5.41) is 15.7. The molecule has 29 heavy (non-hydrogen) atoms. The van der Waals surface area contributed by atoms with Gasteiger partial charge in [-0.05, 0) is 49.4 Å². The fraction of sp³-hybridized carbons (Fsp3) is 0.391. The van der Waals surface area contributed by atoms with Crippen LogP contribution in [0.2, 0.25) is 0 Å². The van der Waals surface area contributed by atoms with Gasteiger partial charge in [0.2, 0.25) is 0 Å². The zero-order chi connectivity index (χ0) is 20.5. The molecule has 1 saturated carbocycles. The van der Waals surface area contributed by atoms with E-state index in [4.69, 9.17) is 14.7 Å². The number of hydrogen-bond donors (Lipinski definition) is 2. The van der Waals surface area contributed by atoms with Gasteiger partial charge in [0.1, 0.15) is 0 Å². The Balaban J connectivity index is 1.63. The van der Waals surface area contributed by atoms with Crippen LogP contribution in [-0.4, -0.2) is 26.2 Å². The average molecular weight is 393 g/mol. The van der Waals surface area contributed by atoms with Gasteiger partial charge in [-0.3, -0.25) is 4.99 Å². The molecule has 2 aromatic rings. The van der Waals surface area contributed by atoms with Crippen molar-refractivity contribution in [3.8, 4) is 17.6 Å². The van der Waals surface area contributed by atoms with Gasteiger partial charge < -0.3 is 20.1 Å². The molecule has 6 nitrogen and oxygen atoms in total. The van der Waals surface area contributed by atoms with Crippen LogP contribution in [0.25, 0.3) is 0 Å². The molecular weight excluding hydrogens is 364 g/mol. The van der Waals surface area contributed by atoms with E-state index in [0.717, 1.165) is 35.5 Å². The predicted molar refractivity (Wildman–Crippen MR) is 114 cm³/mol. The minimum absolute atomic E-state index is 0.259. The number of nitriles is 1. The number of hydrogen-bond acceptors (Lipinski definition) is 4. The molecule has 0 amide bonds. The molecule has 2 N–H and O–H groups in total. The van der Waals surface area contributed by atoms with E-state index < -0.39 is 0 Å². The molecule has 0 aliphatic heterocycles. The molecule has 0 spiro atoms. The van der Waals surface area contributed by atoms with Gasteiger partial charge in [0.25, 0.3) is 0 Å². The maximum absolute atomic E-state index is 9.04. The van der Waals surface area contributed by atoms with Crippen molar-refractivity contribution in [2.75, 3.05) is 14.2 Å². The summed E-state index contributed by atoms with van der Waals surface area (Å²) in [6, 6.07) is 15.6. The molecule has 0 atom stereocenters. The normalized spacial score (nSPS) is 14.3. The number of nitrogens with zero attached hydrogens (tertiary/aromatic N) is 2. The van der Waals surface area contributed by atoms with E-state index in [0.29, 0.717) is 24.6 Å². The number of benzene rings is 2. The molecule has 0 unspecified atom stereocenters. The SMILES string of the molecule is CN=C(NCc1cccc(C#N)c1)NCc1cccc(OC)c1OC1CCCC1. The van der Waals surface area contributed by atoms with Gasteiger partial charge in [0, 0.05) is 25.7 Å². The van der Waals surface area contributed by atoms with Crippen LogP contribution in [0, 0.1) is 11.3 Å². The number of guanidine groups is 1. The van der Waals surface area contributed by atoms with Gasteiger partial charge >= 0.3 is 0 Å². The Morgan fingerprint density at radius 3 is 2.62 bits per heavy atom. The Kier molecular flexibility index (Phi) is 7.34. The maximum atomic E-state index is 9.04. The quantitative estimate of drug-likeness (QED) is 0.554. The summed E-state index contributed by atoms with van der Waals surface area (Å²) in [7, 11) is 3.41. The van der Waals surface area contributed by atoms with E-state index in [1.165, 1.54) is 12.8 Å². The lowest BCUT2D eigenvalue weighted by molar-refractivity contribution is 0.198. The Bertz CT molecular complexity index is 883. The number of aliphatic imine (C=N–C) groups is 1. The molecule has 1 fully saturated rings. The van der Waals surface area contributed by atoms with Crippen molar-refractivity contribution < 1.29 is 9.47 Å². The zero-order valence-corrected chi connectivity index (χ0v) is 17.1. The van der Waals surface area contributed by atoms with Gasteiger partial charge in [-0.15, -0.1) is 0 Å². The summed E-state index contributed by atoms with van der Waals surface area (Å²) in [6.07, 6.45) is 4.88. The van der Waals surface area contributed by atoms with Crippen LogP contribution in [0.4, 0.5) is 0 Å². The van der Waals surface area contributed by atoms with Gasteiger partial charge in [-0.1, -0.05) is 24.3 Å². The topological polar surface area (TPSA) is 78.7 Å². The van der Waals surface area contributed by atoms with Gasteiger partial charge in [0.05, 0.1) is 24.8 Å². The van der Waals surface area contributed by atoms with E-state index >= 15 is 0 Å². The molecule has 0 heterocycles. The lowest BCUT2D eigenvalue weighted by Gasteiger charge is -2.20. The first-order chi connectivity index (χ1) is 14.2. The van der Waals surface area contributed by atoms with Crippen molar-refractivity contribution >= 4 is 5.96 Å². The molecule has 2 aromatic carbocycles. The molecule has 0 saturated heterocycles. The van der Waals surface area contributed by atoms with Crippen LogP contribution < -0.4 is 20.1 Å². The maximum Gasteiger partial charge on any atom is 0.191 e. The fourth-order valence-electron chi connectivity index (χ4n) is 3.50. The summed E-state index contributed by atoms with van der Waals surface area (Å²) in [4.78, 5) is 4.29. The highest BCUT2D eigenvalue weighted by Crippen LogP contribution is 2.34. The second-order valence-corrected chi connectivity index (χ2v) is 7.06. The second kappa shape index (κ2) is 10.4. The minimum atomic E-state index is 0.259. The highest BCUT2D eigenvalue weighted by Gasteiger charge is 2.20. The Hall–Kier alpha value is -3.20. The molecule has 1 aliphatic rings. The van der Waals surface area contributed by atoms with E-state index in [2.05, 4.69) is 21.7 Å². The Morgan fingerprint density at radius 2 is 1.90 bits per heavy atom. The van der Waals surface area contributed by atoms with Crippen LogP contribution in [0.5, 0.6) is 11.5 Å². The third kappa shape index (κ3) is 5.64. The lowest BCUT2D eigenvalue weighted by atomic mass is 10.1. The first-order valence-corrected chi connectivity index (χ1v) is 9.99. The lowest BCUT2D eigenvalue weighted by Crippen LogP contribution is -2.36. The highest BCUT2D eigenvalue weighted by atomic mass is 16.5. The molecule has 0 bridgehead atoms. The predicted octanol–water partition coefficient (Wildman–Crippen LogP) is 3.75. The molecule has 0 radical (unpaired) electrons. The molecular formula is C23H28N4O2. The highest BCUT2D eigenvalue weighted by molar-refractivity contribution is 5.79. The van der Waals surface area contributed by atoms with Crippen molar-refractivity contribution in [1.29, 1.82) is 5.26 Å². The summed E-state index contributed by atoms with van der Waals surface area (Å²) in [5.74, 6) is 2.25. The molecule has 152 valence electrons. The first kappa shape index (κ1) is 20.5. The van der Waals surface area contributed by atoms with Crippen LogP contribution in [-0.2, 0) is 13.1 Å². The monoisotopic (exact) mass is 392 g/mol. The fourth-order valence-corrected chi connectivity index (χ4v) is 3.50. The van der Waals surface area contributed by atoms with Crippen LogP contribution in [0.3, 0.4) is 0 Å². The smallest absolute Gasteiger partial charge is 0.191 e. The van der Waals surface area contributed by atoms with Crippen molar-refractivity contribution in [1.82, 2.24) is 10.6 Å². The number of ether oxygens (including phenoxy) is 2. The van der Waals surface area contributed by atoms with Crippen molar-refractivity contribution in [3.05, 3.63) is 59.2 Å². The van der Waals surface area contributed by atoms with Gasteiger partial charge in [-0.25, -0.2) is 0 Å². The van der Waals surface area contributed by atoms with E-state index in [1.807, 2.05) is 36.4 Å². The third-order valence-electron chi connectivity index (χ3n) is 5.05. The number of methoxy groups -OCH3 is 1. The minimum Gasteiger partial charge on any atom is -0.493 e. The van der Waals surface area contributed by atoms with E-state index in [1.54, 1.807) is 20.2 Å².